The average Bonchev–Trinajstić information content (AvgIpc) is 2.80. The number of amidine groups is 1. The maximum atomic E-state index is 8.81. The number of rotatable bonds is 2. The van der Waals surface area contributed by atoms with Gasteiger partial charge in [0.2, 0.25) is 0 Å². The van der Waals surface area contributed by atoms with Crippen LogP contribution in [0, 0.1) is 11.3 Å². The highest BCUT2D eigenvalue weighted by Gasteiger charge is 2.38. The average molecular weight is 408 g/mol. The summed E-state index contributed by atoms with van der Waals surface area (Å²) in [5, 5.41) is 15.7. The minimum absolute atomic E-state index is 0.0599. The second-order valence-electron chi connectivity index (χ2n) is 8.16. The summed E-state index contributed by atoms with van der Waals surface area (Å²) in [7, 11) is 0. The fourth-order valence-electron chi connectivity index (χ4n) is 5.04. The first-order chi connectivity index (χ1) is 14.7. The standard InChI is InChI=1S/C23H27N3O.CH2O2/c24-23(27-21-16-25-13-10-18(21)11-14-25)26-15-12-17-6-4-5-9-20(17)22(26)19-7-2-1-3-8-19;2-1-3/h1-9,18,21-22,24H,10-16H2;1H,(H,2,3). The molecule has 0 aliphatic carbocycles. The van der Waals surface area contributed by atoms with Gasteiger partial charge in [-0.1, -0.05) is 54.6 Å². The Bertz CT molecular complexity index is 865. The first kappa shape index (κ1) is 20.4. The van der Waals surface area contributed by atoms with Crippen LogP contribution in [0.4, 0.5) is 0 Å². The normalized spacial score (nSPS) is 26.7. The van der Waals surface area contributed by atoms with Gasteiger partial charge in [-0.05, 0) is 55.0 Å². The van der Waals surface area contributed by atoms with Crippen molar-refractivity contribution >= 4 is 12.5 Å². The van der Waals surface area contributed by atoms with Crippen molar-refractivity contribution in [2.45, 2.75) is 31.4 Å². The molecule has 30 heavy (non-hydrogen) atoms. The van der Waals surface area contributed by atoms with Crippen LogP contribution in [0.1, 0.15) is 35.6 Å². The molecular formula is C24H29N3O3. The Morgan fingerprint density at radius 3 is 2.37 bits per heavy atom. The Kier molecular flexibility index (Phi) is 6.33. The van der Waals surface area contributed by atoms with Crippen LogP contribution in [0.15, 0.2) is 54.6 Å². The molecule has 0 radical (unpaired) electrons. The van der Waals surface area contributed by atoms with Gasteiger partial charge >= 0.3 is 0 Å². The number of ether oxygens (including phenoxy) is 1. The van der Waals surface area contributed by atoms with Gasteiger partial charge in [0.25, 0.3) is 12.5 Å². The van der Waals surface area contributed by atoms with Crippen LogP contribution in [0.3, 0.4) is 0 Å². The molecule has 6 heteroatoms. The van der Waals surface area contributed by atoms with Gasteiger partial charge in [-0.3, -0.25) is 15.1 Å². The van der Waals surface area contributed by atoms with Crippen LogP contribution in [0.25, 0.3) is 0 Å². The fourth-order valence-corrected chi connectivity index (χ4v) is 5.04. The second-order valence-corrected chi connectivity index (χ2v) is 8.16. The molecule has 4 aliphatic heterocycles. The third kappa shape index (κ3) is 4.19. The number of benzene rings is 2. The smallest absolute Gasteiger partial charge is 0.290 e. The number of carboxylic acid groups (broad SMARTS) is 1. The monoisotopic (exact) mass is 407 g/mol. The van der Waals surface area contributed by atoms with E-state index in [4.69, 9.17) is 20.0 Å². The lowest BCUT2D eigenvalue weighted by atomic mass is 9.86. The molecule has 6 nitrogen and oxygen atoms in total. The summed E-state index contributed by atoms with van der Waals surface area (Å²) in [4.78, 5) is 13.0. The molecule has 2 bridgehead atoms. The molecule has 0 spiro atoms. The zero-order valence-corrected chi connectivity index (χ0v) is 17.1. The third-order valence-corrected chi connectivity index (χ3v) is 6.52. The summed E-state index contributed by atoms with van der Waals surface area (Å²) in [6, 6.07) is 19.6. The van der Waals surface area contributed by atoms with Crippen molar-refractivity contribution < 1.29 is 14.6 Å². The summed E-state index contributed by atoms with van der Waals surface area (Å²) in [6.45, 7) is 3.95. The van der Waals surface area contributed by atoms with Gasteiger partial charge in [0.1, 0.15) is 6.10 Å². The molecule has 2 aromatic rings. The summed E-state index contributed by atoms with van der Waals surface area (Å²) in [5.74, 6) is 0.614. The molecule has 2 atom stereocenters. The van der Waals surface area contributed by atoms with Crippen molar-refractivity contribution in [3.8, 4) is 0 Å². The van der Waals surface area contributed by atoms with E-state index in [0.29, 0.717) is 11.9 Å². The molecule has 3 saturated heterocycles. The lowest BCUT2D eigenvalue weighted by Gasteiger charge is -2.46. The van der Waals surface area contributed by atoms with Crippen molar-refractivity contribution in [2.75, 3.05) is 26.2 Å². The van der Waals surface area contributed by atoms with Crippen molar-refractivity contribution in [1.82, 2.24) is 9.80 Å². The highest BCUT2D eigenvalue weighted by molar-refractivity contribution is 5.72. The Morgan fingerprint density at radius 1 is 1.03 bits per heavy atom. The van der Waals surface area contributed by atoms with E-state index >= 15 is 0 Å². The second kappa shape index (κ2) is 9.30. The molecule has 0 amide bonds. The molecule has 0 saturated carbocycles. The molecule has 4 heterocycles. The van der Waals surface area contributed by atoms with Gasteiger partial charge in [0, 0.05) is 13.1 Å². The SMILES string of the molecule is N=C(OC1CN2CCC1CC2)N1CCc2ccccc2C1c1ccccc1.O=CO. The van der Waals surface area contributed by atoms with E-state index in [9.17, 15) is 0 Å². The van der Waals surface area contributed by atoms with E-state index < -0.39 is 0 Å². The minimum atomic E-state index is -0.250. The zero-order valence-electron chi connectivity index (χ0n) is 17.1. The molecule has 3 fully saturated rings. The quantitative estimate of drug-likeness (QED) is 0.453. The van der Waals surface area contributed by atoms with Gasteiger partial charge in [0.05, 0.1) is 6.04 Å². The Balaban J connectivity index is 0.000000687. The number of nitrogens with one attached hydrogen (secondary N) is 1. The van der Waals surface area contributed by atoms with Crippen LogP contribution in [0.2, 0.25) is 0 Å². The molecule has 2 N–H and O–H groups in total. The molecule has 4 aliphatic rings. The number of fused-ring (bicyclic) bond motifs is 4. The lowest BCUT2D eigenvalue weighted by molar-refractivity contribution is -0.122. The molecule has 158 valence electrons. The van der Waals surface area contributed by atoms with E-state index in [2.05, 4.69) is 64.4 Å². The van der Waals surface area contributed by atoms with Gasteiger partial charge in [-0.15, -0.1) is 0 Å². The van der Waals surface area contributed by atoms with E-state index in [1.54, 1.807) is 0 Å². The largest absolute Gasteiger partial charge is 0.483 e. The number of hydrogen-bond donors (Lipinski definition) is 2. The van der Waals surface area contributed by atoms with Crippen LogP contribution in [0.5, 0.6) is 0 Å². The predicted octanol–water partition coefficient (Wildman–Crippen LogP) is 3.38. The summed E-state index contributed by atoms with van der Waals surface area (Å²) >= 11 is 0. The molecule has 6 rings (SSSR count). The highest BCUT2D eigenvalue weighted by Crippen LogP contribution is 2.36. The van der Waals surface area contributed by atoms with Crippen LogP contribution in [-0.4, -0.2) is 59.7 Å². The Morgan fingerprint density at radius 2 is 1.70 bits per heavy atom. The molecule has 2 unspecified atom stereocenters. The highest BCUT2D eigenvalue weighted by atomic mass is 16.5. The van der Waals surface area contributed by atoms with Crippen molar-refractivity contribution in [3.05, 3.63) is 71.3 Å². The van der Waals surface area contributed by atoms with Gasteiger partial charge in [0.15, 0.2) is 0 Å². The maximum absolute atomic E-state index is 8.81. The Hall–Kier alpha value is -2.86. The zero-order chi connectivity index (χ0) is 20.9. The molecule has 2 aromatic carbocycles. The van der Waals surface area contributed by atoms with Crippen LogP contribution < -0.4 is 0 Å². The number of carbonyl (C=O) groups is 1. The number of piperidine rings is 3. The van der Waals surface area contributed by atoms with E-state index in [-0.39, 0.29) is 18.6 Å². The van der Waals surface area contributed by atoms with Crippen molar-refractivity contribution in [3.63, 3.8) is 0 Å². The third-order valence-electron chi connectivity index (χ3n) is 6.52. The molecule has 0 aromatic heterocycles. The summed E-state index contributed by atoms with van der Waals surface area (Å²) in [5.41, 5.74) is 3.92. The van der Waals surface area contributed by atoms with Crippen LogP contribution in [-0.2, 0) is 16.0 Å². The van der Waals surface area contributed by atoms with Crippen LogP contribution >= 0.6 is 0 Å². The van der Waals surface area contributed by atoms with Gasteiger partial charge in [-0.2, -0.15) is 0 Å². The topological polar surface area (TPSA) is 76.9 Å². The van der Waals surface area contributed by atoms with E-state index in [0.717, 1.165) is 19.5 Å². The Labute approximate surface area is 177 Å². The lowest BCUT2D eigenvalue weighted by Crippen LogP contribution is -2.53. The minimum Gasteiger partial charge on any atom is -0.483 e. The first-order valence-corrected chi connectivity index (χ1v) is 10.7. The van der Waals surface area contributed by atoms with E-state index in [1.165, 1.54) is 42.6 Å². The molecular weight excluding hydrogens is 378 g/mol. The fraction of sp³-hybridized carbons (Fsp3) is 0.417. The van der Waals surface area contributed by atoms with Crippen molar-refractivity contribution in [1.29, 1.82) is 5.41 Å². The maximum Gasteiger partial charge on any atom is 0.290 e. The van der Waals surface area contributed by atoms with Crippen molar-refractivity contribution in [2.24, 2.45) is 5.92 Å². The van der Waals surface area contributed by atoms with E-state index in [1.807, 2.05) is 0 Å². The summed E-state index contributed by atoms with van der Waals surface area (Å²) in [6.07, 6.45) is 3.56. The van der Waals surface area contributed by atoms with Gasteiger partial charge < -0.3 is 14.7 Å². The first-order valence-electron chi connectivity index (χ1n) is 10.7. The van der Waals surface area contributed by atoms with Gasteiger partial charge in [-0.25, -0.2) is 0 Å². The number of nitrogens with zero attached hydrogens (tertiary/aromatic N) is 2. The number of hydrogen-bond acceptors (Lipinski definition) is 4. The summed E-state index contributed by atoms with van der Waals surface area (Å²) < 4.78 is 6.30. The predicted molar refractivity (Wildman–Crippen MR) is 116 cm³/mol.